The molecule has 5 nitrogen and oxygen atoms in total. The molecule has 2 heterocycles. The summed E-state index contributed by atoms with van der Waals surface area (Å²) in [4.78, 5) is 20.2. The van der Waals surface area contributed by atoms with E-state index in [1.165, 1.54) is 23.5 Å². The molecule has 3 aromatic rings. The number of nitrogens with zero attached hydrogens (tertiary/aromatic N) is 2. The zero-order valence-corrected chi connectivity index (χ0v) is 12.7. The summed E-state index contributed by atoms with van der Waals surface area (Å²) in [7, 11) is 0. The highest BCUT2D eigenvalue weighted by atomic mass is 32.1. The number of aromatic nitrogens is 2. The molecule has 1 amide bonds. The van der Waals surface area contributed by atoms with Gasteiger partial charge in [-0.15, -0.1) is 11.3 Å². The van der Waals surface area contributed by atoms with Gasteiger partial charge in [0.1, 0.15) is 0 Å². The molecule has 0 aliphatic carbocycles. The molecule has 116 valence electrons. The Morgan fingerprint density at radius 2 is 2.13 bits per heavy atom. The predicted molar refractivity (Wildman–Crippen MR) is 85.9 cm³/mol. The van der Waals surface area contributed by atoms with Crippen LogP contribution in [0.2, 0.25) is 0 Å². The van der Waals surface area contributed by atoms with E-state index in [1.54, 1.807) is 24.5 Å². The first-order chi connectivity index (χ1) is 11.2. The first-order valence-corrected chi connectivity index (χ1v) is 7.63. The normalized spacial score (nSPS) is 10.3. The molecule has 1 N–H and O–H groups in total. The van der Waals surface area contributed by atoms with Gasteiger partial charge >= 0.3 is 0 Å². The molecular weight excluding hydrogens is 317 g/mol. The Bertz CT molecular complexity index is 808. The molecule has 23 heavy (non-hydrogen) atoms. The van der Waals surface area contributed by atoms with Crippen molar-refractivity contribution in [1.82, 2.24) is 9.97 Å². The van der Waals surface area contributed by atoms with Crippen LogP contribution >= 0.6 is 11.3 Å². The van der Waals surface area contributed by atoms with E-state index in [0.717, 1.165) is 11.3 Å². The molecule has 0 aliphatic heterocycles. The van der Waals surface area contributed by atoms with Gasteiger partial charge in [0.25, 0.3) is 5.91 Å². The number of amides is 1. The topological polar surface area (TPSA) is 64.1 Å². The number of anilines is 1. The maximum Gasteiger partial charge on any atom is 0.264 e. The molecule has 0 atom stereocenters. The third-order valence-corrected chi connectivity index (χ3v) is 3.66. The molecule has 0 saturated carbocycles. The van der Waals surface area contributed by atoms with Crippen molar-refractivity contribution in [2.45, 2.75) is 0 Å². The molecule has 0 spiro atoms. The first-order valence-electron chi connectivity index (χ1n) is 6.75. The summed E-state index contributed by atoms with van der Waals surface area (Å²) in [6.07, 6.45) is 3.38. The van der Waals surface area contributed by atoms with Crippen molar-refractivity contribution in [3.8, 4) is 17.0 Å². The van der Waals surface area contributed by atoms with E-state index in [0.29, 0.717) is 5.13 Å². The summed E-state index contributed by atoms with van der Waals surface area (Å²) in [6.45, 7) is -0.289. The van der Waals surface area contributed by atoms with Gasteiger partial charge in [-0.3, -0.25) is 15.1 Å². The number of rotatable bonds is 5. The maximum absolute atomic E-state index is 13.4. The van der Waals surface area contributed by atoms with Gasteiger partial charge in [-0.25, -0.2) is 9.37 Å². The maximum atomic E-state index is 13.4. The molecule has 0 aliphatic rings. The van der Waals surface area contributed by atoms with Crippen molar-refractivity contribution in [2.24, 2.45) is 0 Å². The second-order valence-corrected chi connectivity index (χ2v) is 5.40. The Morgan fingerprint density at radius 3 is 2.91 bits per heavy atom. The number of ether oxygens (including phenoxy) is 1. The SMILES string of the molecule is O=C(COc1ccccc1F)Nc1nc(-c2cccnc2)cs1. The fourth-order valence-corrected chi connectivity index (χ4v) is 2.57. The second-order valence-electron chi connectivity index (χ2n) is 4.55. The van der Waals surface area contributed by atoms with Crippen molar-refractivity contribution >= 4 is 22.4 Å². The minimum absolute atomic E-state index is 0.0397. The van der Waals surface area contributed by atoms with Crippen LogP contribution in [0, 0.1) is 5.82 Å². The number of carbonyl (C=O) groups excluding carboxylic acids is 1. The monoisotopic (exact) mass is 329 g/mol. The van der Waals surface area contributed by atoms with Crippen LogP contribution < -0.4 is 10.1 Å². The van der Waals surface area contributed by atoms with Crippen LogP contribution in [-0.2, 0) is 4.79 Å². The number of hydrogen-bond acceptors (Lipinski definition) is 5. The smallest absolute Gasteiger partial charge is 0.264 e. The number of carbonyl (C=O) groups is 1. The summed E-state index contributed by atoms with van der Waals surface area (Å²) < 4.78 is 18.5. The molecular formula is C16H12FN3O2S. The van der Waals surface area contributed by atoms with E-state index >= 15 is 0 Å². The quantitative estimate of drug-likeness (QED) is 0.779. The van der Waals surface area contributed by atoms with Crippen LogP contribution in [0.1, 0.15) is 0 Å². The van der Waals surface area contributed by atoms with Gasteiger partial charge in [0.2, 0.25) is 0 Å². The number of benzene rings is 1. The largest absolute Gasteiger partial charge is 0.481 e. The third kappa shape index (κ3) is 3.89. The van der Waals surface area contributed by atoms with Crippen LogP contribution in [0.25, 0.3) is 11.3 Å². The average molecular weight is 329 g/mol. The highest BCUT2D eigenvalue weighted by molar-refractivity contribution is 7.14. The Kier molecular flexibility index (Phi) is 4.58. The van der Waals surface area contributed by atoms with E-state index < -0.39 is 11.7 Å². The van der Waals surface area contributed by atoms with E-state index in [9.17, 15) is 9.18 Å². The van der Waals surface area contributed by atoms with E-state index in [2.05, 4.69) is 15.3 Å². The lowest BCUT2D eigenvalue weighted by atomic mass is 10.2. The zero-order valence-electron chi connectivity index (χ0n) is 11.9. The van der Waals surface area contributed by atoms with Crippen molar-refractivity contribution in [3.63, 3.8) is 0 Å². The highest BCUT2D eigenvalue weighted by Crippen LogP contribution is 2.24. The van der Waals surface area contributed by atoms with E-state index in [-0.39, 0.29) is 12.4 Å². The van der Waals surface area contributed by atoms with Gasteiger partial charge < -0.3 is 4.74 Å². The number of hydrogen-bond donors (Lipinski definition) is 1. The van der Waals surface area contributed by atoms with Gasteiger partial charge in [0, 0.05) is 23.3 Å². The van der Waals surface area contributed by atoms with Crippen molar-refractivity contribution in [1.29, 1.82) is 0 Å². The molecule has 0 bridgehead atoms. The summed E-state index contributed by atoms with van der Waals surface area (Å²) in [5.74, 6) is -0.869. The summed E-state index contributed by atoms with van der Waals surface area (Å²) >= 11 is 1.30. The van der Waals surface area contributed by atoms with Crippen LogP contribution in [0.4, 0.5) is 9.52 Å². The van der Waals surface area contributed by atoms with Gasteiger partial charge in [0.05, 0.1) is 5.69 Å². The molecule has 1 aromatic carbocycles. The fraction of sp³-hybridized carbons (Fsp3) is 0.0625. The Balaban J connectivity index is 1.58. The minimum atomic E-state index is -0.506. The lowest BCUT2D eigenvalue weighted by Gasteiger charge is -2.06. The van der Waals surface area contributed by atoms with Crippen molar-refractivity contribution in [2.75, 3.05) is 11.9 Å². The average Bonchev–Trinajstić information content (AvgIpc) is 3.03. The molecule has 7 heteroatoms. The standard InChI is InChI=1S/C16H12FN3O2S/c17-12-5-1-2-6-14(12)22-9-15(21)20-16-19-13(10-23-16)11-4-3-7-18-8-11/h1-8,10H,9H2,(H,19,20,21). The van der Waals surface area contributed by atoms with Crippen molar-refractivity contribution < 1.29 is 13.9 Å². The molecule has 0 radical (unpaired) electrons. The lowest BCUT2D eigenvalue weighted by Crippen LogP contribution is -2.20. The second kappa shape index (κ2) is 6.97. The summed E-state index contributed by atoms with van der Waals surface area (Å²) in [6, 6.07) is 9.62. The van der Waals surface area contributed by atoms with E-state index in [4.69, 9.17) is 4.74 Å². The number of para-hydroxylation sites is 1. The molecule has 0 unspecified atom stereocenters. The van der Waals surface area contributed by atoms with Crippen LogP contribution in [-0.4, -0.2) is 22.5 Å². The zero-order chi connectivity index (χ0) is 16.1. The summed E-state index contributed by atoms with van der Waals surface area (Å²) in [5, 5.41) is 4.90. The summed E-state index contributed by atoms with van der Waals surface area (Å²) in [5.41, 5.74) is 1.60. The highest BCUT2D eigenvalue weighted by Gasteiger charge is 2.10. The Hall–Kier alpha value is -2.80. The number of pyridine rings is 1. The Labute approximate surface area is 135 Å². The molecule has 3 rings (SSSR count). The van der Waals surface area contributed by atoms with Crippen LogP contribution in [0.3, 0.4) is 0 Å². The number of thiazole rings is 1. The molecule has 2 aromatic heterocycles. The van der Waals surface area contributed by atoms with Gasteiger partial charge in [-0.1, -0.05) is 12.1 Å². The molecule has 0 fully saturated rings. The van der Waals surface area contributed by atoms with Crippen LogP contribution in [0.5, 0.6) is 5.75 Å². The van der Waals surface area contributed by atoms with Gasteiger partial charge in [-0.05, 0) is 24.3 Å². The van der Waals surface area contributed by atoms with E-state index in [1.807, 2.05) is 17.5 Å². The van der Waals surface area contributed by atoms with Crippen LogP contribution in [0.15, 0.2) is 54.2 Å². The number of nitrogens with one attached hydrogen (secondary N) is 1. The Morgan fingerprint density at radius 1 is 1.26 bits per heavy atom. The van der Waals surface area contributed by atoms with Gasteiger partial charge in [0.15, 0.2) is 23.3 Å². The van der Waals surface area contributed by atoms with Crippen molar-refractivity contribution in [3.05, 3.63) is 60.0 Å². The minimum Gasteiger partial charge on any atom is -0.481 e. The lowest BCUT2D eigenvalue weighted by molar-refractivity contribution is -0.118. The third-order valence-electron chi connectivity index (χ3n) is 2.90. The first kappa shape index (κ1) is 15.1. The molecule has 0 saturated heterocycles. The number of halogens is 1. The predicted octanol–water partition coefficient (Wildman–Crippen LogP) is 3.36. The van der Waals surface area contributed by atoms with Gasteiger partial charge in [-0.2, -0.15) is 0 Å². The fourth-order valence-electron chi connectivity index (χ4n) is 1.84.